The smallest absolute Gasteiger partial charge is 0.331 e. The van der Waals surface area contributed by atoms with E-state index >= 15 is 0 Å². The summed E-state index contributed by atoms with van der Waals surface area (Å²) in [4.78, 5) is 32.2. The van der Waals surface area contributed by atoms with E-state index in [2.05, 4.69) is 0 Å². The van der Waals surface area contributed by atoms with Gasteiger partial charge < -0.3 is 33.6 Å². The van der Waals surface area contributed by atoms with Crippen LogP contribution in [0.15, 0.2) is 11.6 Å². The number of aliphatic carboxylic acids is 1. The van der Waals surface area contributed by atoms with Crippen LogP contribution in [0.4, 0.5) is 0 Å². The summed E-state index contributed by atoms with van der Waals surface area (Å²) in [5, 5.41) is 9.07. The summed E-state index contributed by atoms with van der Waals surface area (Å²) in [6, 6.07) is 0. The van der Waals surface area contributed by atoms with E-state index < -0.39 is 30.1 Å². The number of hydrogen-bond donors (Lipinski definition) is 1. The predicted octanol–water partition coefficient (Wildman–Crippen LogP) is 0.296. The SMILES string of the molecule is CC(=CC1OC(CC=O)OCC12COC(CC=O)OC2)C(=O)O. The normalized spacial score (nSPS) is 35.0. The minimum absolute atomic E-state index is 0.0576. The fourth-order valence-electron chi connectivity index (χ4n) is 2.47. The first-order valence-electron chi connectivity index (χ1n) is 7.30. The lowest BCUT2D eigenvalue weighted by molar-refractivity contribution is -0.317. The number of carboxylic acid groups (broad SMARTS) is 1. The number of hydrogen-bond acceptors (Lipinski definition) is 7. The third-order valence-electron chi connectivity index (χ3n) is 3.89. The van der Waals surface area contributed by atoms with Crippen molar-refractivity contribution in [3.8, 4) is 0 Å². The maximum absolute atomic E-state index is 11.1. The van der Waals surface area contributed by atoms with Crippen molar-refractivity contribution in [3.63, 3.8) is 0 Å². The summed E-state index contributed by atoms with van der Waals surface area (Å²) >= 11 is 0. The average molecular weight is 328 g/mol. The minimum atomic E-state index is -1.06. The number of rotatable bonds is 6. The Labute approximate surface area is 133 Å². The van der Waals surface area contributed by atoms with Gasteiger partial charge in [-0.05, 0) is 13.0 Å². The van der Waals surface area contributed by atoms with Gasteiger partial charge in [0.2, 0.25) is 0 Å². The molecule has 0 amide bonds. The van der Waals surface area contributed by atoms with Crippen molar-refractivity contribution in [1.29, 1.82) is 0 Å². The molecule has 0 aliphatic carbocycles. The van der Waals surface area contributed by atoms with Crippen LogP contribution in [0.5, 0.6) is 0 Å². The van der Waals surface area contributed by atoms with Crippen LogP contribution in [0.25, 0.3) is 0 Å². The van der Waals surface area contributed by atoms with Crippen LogP contribution >= 0.6 is 0 Å². The third kappa shape index (κ3) is 4.23. The molecule has 2 unspecified atom stereocenters. The lowest BCUT2D eigenvalue weighted by Crippen LogP contribution is -2.57. The Morgan fingerprint density at radius 3 is 2.13 bits per heavy atom. The molecule has 2 aliphatic rings. The van der Waals surface area contributed by atoms with Crippen LogP contribution in [0.3, 0.4) is 0 Å². The predicted molar refractivity (Wildman–Crippen MR) is 75.5 cm³/mol. The van der Waals surface area contributed by atoms with Gasteiger partial charge in [-0.3, -0.25) is 0 Å². The van der Waals surface area contributed by atoms with Gasteiger partial charge in [0, 0.05) is 5.57 Å². The summed E-state index contributed by atoms with van der Waals surface area (Å²) in [5.41, 5.74) is -0.591. The van der Waals surface area contributed by atoms with Gasteiger partial charge in [0.25, 0.3) is 0 Å². The molecule has 2 rings (SSSR count). The molecular formula is C15H20O8. The Morgan fingerprint density at radius 1 is 1.09 bits per heavy atom. The van der Waals surface area contributed by atoms with Crippen molar-refractivity contribution in [3.05, 3.63) is 11.6 Å². The Morgan fingerprint density at radius 2 is 1.61 bits per heavy atom. The Hall–Kier alpha value is -1.61. The van der Waals surface area contributed by atoms with E-state index in [1.54, 1.807) is 0 Å². The molecule has 8 heteroatoms. The van der Waals surface area contributed by atoms with E-state index in [0.29, 0.717) is 12.6 Å². The number of carboxylic acids is 1. The third-order valence-corrected chi connectivity index (χ3v) is 3.89. The molecule has 1 spiro atoms. The van der Waals surface area contributed by atoms with Crippen molar-refractivity contribution >= 4 is 18.5 Å². The Bertz CT molecular complexity index is 470. The summed E-state index contributed by atoms with van der Waals surface area (Å²) in [6.07, 6.45) is 1.08. The van der Waals surface area contributed by atoms with E-state index in [-0.39, 0.29) is 38.2 Å². The van der Waals surface area contributed by atoms with Gasteiger partial charge in [-0.1, -0.05) is 0 Å². The zero-order valence-electron chi connectivity index (χ0n) is 12.8. The second-order valence-electron chi connectivity index (χ2n) is 5.67. The molecule has 0 radical (unpaired) electrons. The molecule has 0 saturated carbocycles. The van der Waals surface area contributed by atoms with Crippen LogP contribution < -0.4 is 0 Å². The Kier molecular flexibility index (Phi) is 6.00. The zero-order chi connectivity index (χ0) is 16.9. The minimum Gasteiger partial charge on any atom is -0.478 e. The molecule has 0 aromatic rings. The molecule has 128 valence electrons. The fourth-order valence-corrected chi connectivity index (χ4v) is 2.47. The van der Waals surface area contributed by atoms with Gasteiger partial charge in [-0.2, -0.15) is 0 Å². The van der Waals surface area contributed by atoms with Gasteiger partial charge in [0.15, 0.2) is 12.6 Å². The standard InChI is InChI=1S/C15H20O8/c1-10(14(18)19)6-11-15(9-22-13(23-11)3-5-17)7-20-12(2-4-16)21-8-15/h4-6,11-13H,2-3,7-9H2,1H3,(H,18,19). The molecule has 2 saturated heterocycles. The monoisotopic (exact) mass is 328 g/mol. The lowest BCUT2D eigenvalue weighted by atomic mass is 9.81. The van der Waals surface area contributed by atoms with Gasteiger partial charge in [-0.15, -0.1) is 0 Å². The first-order valence-corrected chi connectivity index (χ1v) is 7.30. The molecule has 23 heavy (non-hydrogen) atoms. The number of ether oxygens (including phenoxy) is 4. The van der Waals surface area contributed by atoms with Crippen molar-refractivity contribution in [2.75, 3.05) is 19.8 Å². The fraction of sp³-hybridized carbons (Fsp3) is 0.667. The largest absolute Gasteiger partial charge is 0.478 e. The summed E-state index contributed by atoms with van der Waals surface area (Å²) < 4.78 is 22.3. The quantitative estimate of drug-likeness (QED) is 0.548. The molecule has 2 fully saturated rings. The number of carbonyl (C=O) groups excluding carboxylic acids is 2. The van der Waals surface area contributed by atoms with Crippen LogP contribution in [-0.2, 0) is 33.3 Å². The molecular weight excluding hydrogens is 308 g/mol. The summed E-state index contributed by atoms with van der Waals surface area (Å²) in [6.45, 7) is 2.07. The van der Waals surface area contributed by atoms with E-state index in [1.165, 1.54) is 13.0 Å². The second kappa shape index (κ2) is 7.78. The van der Waals surface area contributed by atoms with Crippen molar-refractivity contribution in [2.24, 2.45) is 5.41 Å². The number of carbonyl (C=O) groups is 3. The van der Waals surface area contributed by atoms with Gasteiger partial charge in [0.05, 0.1) is 44.2 Å². The van der Waals surface area contributed by atoms with Crippen molar-refractivity contribution < 1.29 is 38.4 Å². The summed E-state index contributed by atoms with van der Waals surface area (Å²) in [5.74, 6) is -1.06. The van der Waals surface area contributed by atoms with Gasteiger partial charge >= 0.3 is 5.97 Å². The highest BCUT2D eigenvalue weighted by Gasteiger charge is 2.48. The molecule has 8 nitrogen and oxygen atoms in total. The van der Waals surface area contributed by atoms with Crippen LogP contribution in [0.1, 0.15) is 19.8 Å². The van der Waals surface area contributed by atoms with Crippen molar-refractivity contribution in [1.82, 2.24) is 0 Å². The summed E-state index contributed by atoms with van der Waals surface area (Å²) in [7, 11) is 0. The van der Waals surface area contributed by atoms with Gasteiger partial charge in [0.1, 0.15) is 12.6 Å². The van der Waals surface area contributed by atoms with Crippen LogP contribution in [0, 0.1) is 5.41 Å². The second-order valence-corrected chi connectivity index (χ2v) is 5.67. The molecule has 0 bridgehead atoms. The van der Waals surface area contributed by atoms with E-state index in [9.17, 15) is 14.4 Å². The average Bonchev–Trinajstić information content (AvgIpc) is 2.53. The molecule has 2 heterocycles. The number of aldehydes is 2. The highest BCUT2D eigenvalue weighted by atomic mass is 16.7. The Balaban J connectivity index is 2.15. The molecule has 0 aromatic heterocycles. The highest BCUT2D eigenvalue weighted by molar-refractivity contribution is 5.85. The molecule has 2 aliphatic heterocycles. The van der Waals surface area contributed by atoms with Crippen molar-refractivity contribution in [2.45, 2.75) is 38.4 Å². The maximum atomic E-state index is 11.1. The molecule has 0 aromatic carbocycles. The van der Waals surface area contributed by atoms with Crippen LogP contribution in [-0.4, -0.2) is 62.2 Å². The van der Waals surface area contributed by atoms with E-state index in [1.807, 2.05) is 0 Å². The van der Waals surface area contributed by atoms with Gasteiger partial charge in [-0.25, -0.2) is 4.79 Å². The lowest BCUT2D eigenvalue weighted by Gasteiger charge is -2.47. The topological polar surface area (TPSA) is 108 Å². The molecule has 1 N–H and O–H groups in total. The first kappa shape index (κ1) is 17.7. The maximum Gasteiger partial charge on any atom is 0.331 e. The molecule has 2 atom stereocenters. The highest BCUT2D eigenvalue weighted by Crippen LogP contribution is 2.37. The zero-order valence-corrected chi connectivity index (χ0v) is 12.8. The van der Waals surface area contributed by atoms with E-state index in [0.717, 1.165) is 0 Å². The van der Waals surface area contributed by atoms with Crippen LogP contribution in [0.2, 0.25) is 0 Å². The van der Waals surface area contributed by atoms with E-state index in [4.69, 9.17) is 24.1 Å². The first-order chi connectivity index (χ1) is 11.0.